The minimum Gasteiger partial charge on any atom is -0.346 e. The Morgan fingerprint density at radius 1 is 1.50 bits per heavy atom. The Balaban J connectivity index is 2.43. The Morgan fingerprint density at radius 3 is 2.56 bits per heavy atom. The number of nitrogens with zero attached hydrogens (tertiary/aromatic N) is 2. The lowest BCUT2D eigenvalue weighted by molar-refractivity contribution is 0.520. The number of aromatic nitrogens is 1. The first-order chi connectivity index (χ1) is 7.46. The van der Waals surface area contributed by atoms with E-state index in [2.05, 4.69) is 0 Å². The van der Waals surface area contributed by atoms with Crippen LogP contribution in [0.1, 0.15) is 24.6 Å². The van der Waals surface area contributed by atoms with Gasteiger partial charge in [0, 0.05) is 32.0 Å². The molecule has 16 heavy (non-hydrogen) atoms. The molecule has 0 aliphatic heterocycles. The van der Waals surface area contributed by atoms with Gasteiger partial charge in [-0.15, -0.1) is 11.6 Å². The second-order valence-corrected chi connectivity index (χ2v) is 6.65. The third-order valence-electron chi connectivity index (χ3n) is 2.76. The lowest BCUT2D eigenvalue weighted by Crippen LogP contribution is -2.21. The van der Waals surface area contributed by atoms with Crippen molar-refractivity contribution in [3.63, 3.8) is 0 Å². The molecule has 0 amide bonds. The van der Waals surface area contributed by atoms with Crippen molar-refractivity contribution in [1.29, 1.82) is 0 Å². The van der Waals surface area contributed by atoms with E-state index in [1.54, 1.807) is 12.3 Å². The molecule has 1 aromatic heterocycles. The monoisotopic (exact) mass is 262 g/mol. The Bertz CT molecular complexity index is 489. The van der Waals surface area contributed by atoms with Crippen LogP contribution >= 0.6 is 11.6 Å². The second kappa shape index (κ2) is 4.05. The summed E-state index contributed by atoms with van der Waals surface area (Å²) in [7, 11) is -0.277. The summed E-state index contributed by atoms with van der Waals surface area (Å²) in [6.07, 6.45) is 3.92. The van der Waals surface area contributed by atoms with E-state index >= 15 is 0 Å². The van der Waals surface area contributed by atoms with Gasteiger partial charge in [0.1, 0.15) is 4.90 Å². The van der Waals surface area contributed by atoms with Crippen LogP contribution in [0.4, 0.5) is 0 Å². The summed E-state index contributed by atoms with van der Waals surface area (Å²) >= 11 is 5.82. The molecule has 1 saturated carbocycles. The molecule has 0 saturated heterocycles. The Kier molecular flexibility index (Phi) is 3.03. The first-order valence-electron chi connectivity index (χ1n) is 5.16. The maximum atomic E-state index is 11.9. The minimum absolute atomic E-state index is 0.333. The zero-order chi connectivity index (χ0) is 11.9. The quantitative estimate of drug-likeness (QED) is 0.777. The molecule has 1 aliphatic rings. The van der Waals surface area contributed by atoms with Crippen LogP contribution in [0, 0.1) is 0 Å². The van der Waals surface area contributed by atoms with Crippen LogP contribution in [0.25, 0.3) is 0 Å². The van der Waals surface area contributed by atoms with Gasteiger partial charge in [0.2, 0.25) is 10.0 Å². The molecule has 6 heteroatoms. The van der Waals surface area contributed by atoms with E-state index in [1.807, 2.05) is 4.57 Å². The smallest absolute Gasteiger partial charge is 0.244 e. The van der Waals surface area contributed by atoms with Crippen LogP contribution in [-0.4, -0.2) is 31.4 Å². The summed E-state index contributed by atoms with van der Waals surface area (Å²) in [6.45, 7) is 0. The summed E-state index contributed by atoms with van der Waals surface area (Å²) in [5.41, 5.74) is 0.879. The molecule has 0 radical (unpaired) electrons. The van der Waals surface area contributed by atoms with Gasteiger partial charge < -0.3 is 4.57 Å². The van der Waals surface area contributed by atoms with Crippen molar-refractivity contribution in [2.75, 3.05) is 14.1 Å². The van der Waals surface area contributed by atoms with Crippen LogP contribution < -0.4 is 0 Å². The maximum absolute atomic E-state index is 11.9. The van der Waals surface area contributed by atoms with Crippen molar-refractivity contribution in [3.8, 4) is 0 Å². The SMILES string of the molecule is CN(C)S(=O)(=O)c1cc(CCl)n(C2CC2)c1. The van der Waals surface area contributed by atoms with Crippen LogP contribution in [-0.2, 0) is 15.9 Å². The highest BCUT2D eigenvalue weighted by atomic mass is 35.5. The van der Waals surface area contributed by atoms with Gasteiger partial charge in [-0.1, -0.05) is 0 Å². The van der Waals surface area contributed by atoms with Crippen LogP contribution in [0.15, 0.2) is 17.2 Å². The third-order valence-corrected chi connectivity index (χ3v) is 4.82. The minimum atomic E-state index is -3.34. The average Bonchev–Trinajstić information content (AvgIpc) is 2.97. The molecule has 0 atom stereocenters. The maximum Gasteiger partial charge on any atom is 0.244 e. The van der Waals surface area contributed by atoms with Gasteiger partial charge in [-0.25, -0.2) is 12.7 Å². The Hall–Kier alpha value is -0.520. The zero-order valence-corrected chi connectivity index (χ0v) is 10.9. The zero-order valence-electron chi connectivity index (χ0n) is 9.35. The molecule has 90 valence electrons. The average molecular weight is 263 g/mol. The highest BCUT2D eigenvalue weighted by Crippen LogP contribution is 2.37. The van der Waals surface area contributed by atoms with Gasteiger partial charge in [-0.05, 0) is 18.9 Å². The number of halogens is 1. The van der Waals surface area contributed by atoms with Crippen LogP contribution in [0.3, 0.4) is 0 Å². The number of hydrogen-bond donors (Lipinski definition) is 0. The van der Waals surface area contributed by atoms with Gasteiger partial charge in [-0.3, -0.25) is 0 Å². The van der Waals surface area contributed by atoms with Crippen molar-refractivity contribution < 1.29 is 8.42 Å². The summed E-state index contributed by atoms with van der Waals surface area (Å²) in [5, 5.41) is 0. The summed E-state index contributed by atoms with van der Waals surface area (Å²) in [4.78, 5) is 0.333. The predicted octanol–water partition coefficient (Wildman–Crippen LogP) is 1.81. The van der Waals surface area contributed by atoms with Crippen molar-refractivity contribution in [2.24, 2.45) is 0 Å². The van der Waals surface area contributed by atoms with Crippen molar-refractivity contribution in [2.45, 2.75) is 29.7 Å². The second-order valence-electron chi connectivity index (χ2n) is 4.23. The topological polar surface area (TPSA) is 42.3 Å². The molecule has 1 aliphatic carbocycles. The molecule has 0 bridgehead atoms. The highest BCUT2D eigenvalue weighted by Gasteiger charge is 2.28. The fraction of sp³-hybridized carbons (Fsp3) is 0.600. The highest BCUT2D eigenvalue weighted by molar-refractivity contribution is 7.89. The van der Waals surface area contributed by atoms with E-state index in [1.165, 1.54) is 18.4 Å². The fourth-order valence-corrected chi connectivity index (χ4v) is 2.82. The lowest BCUT2D eigenvalue weighted by atomic mass is 10.5. The Labute approximate surface area is 101 Å². The lowest BCUT2D eigenvalue weighted by Gasteiger charge is -2.08. The van der Waals surface area contributed by atoms with Gasteiger partial charge in [-0.2, -0.15) is 0 Å². The van der Waals surface area contributed by atoms with Crippen LogP contribution in [0.2, 0.25) is 0 Å². The Morgan fingerprint density at radius 2 is 2.12 bits per heavy atom. The molecule has 0 N–H and O–H groups in total. The first-order valence-corrected chi connectivity index (χ1v) is 7.13. The largest absolute Gasteiger partial charge is 0.346 e. The predicted molar refractivity (Wildman–Crippen MR) is 63.1 cm³/mol. The molecule has 0 spiro atoms. The molecule has 2 rings (SSSR count). The van der Waals surface area contributed by atoms with Gasteiger partial charge in [0.15, 0.2) is 0 Å². The fourth-order valence-electron chi connectivity index (χ4n) is 1.65. The van der Waals surface area contributed by atoms with E-state index in [4.69, 9.17) is 11.6 Å². The van der Waals surface area contributed by atoms with Gasteiger partial charge in [0.05, 0.1) is 5.88 Å². The van der Waals surface area contributed by atoms with E-state index < -0.39 is 10.0 Å². The number of rotatable bonds is 4. The normalized spacial score (nSPS) is 17.0. The summed E-state index contributed by atoms with van der Waals surface area (Å²) < 4.78 is 27.1. The first kappa shape index (κ1) is 12.0. The van der Waals surface area contributed by atoms with Crippen LogP contribution in [0.5, 0.6) is 0 Å². The van der Waals surface area contributed by atoms with Crippen molar-refractivity contribution in [3.05, 3.63) is 18.0 Å². The molecule has 0 unspecified atom stereocenters. The van der Waals surface area contributed by atoms with E-state index in [0.29, 0.717) is 16.8 Å². The van der Waals surface area contributed by atoms with E-state index in [0.717, 1.165) is 18.5 Å². The molecular formula is C10H15ClN2O2S. The molecule has 0 aromatic carbocycles. The summed E-state index contributed by atoms with van der Waals surface area (Å²) in [5.74, 6) is 0.347. The third kappa shape index (κ3) is 1.99. The number of hydrogen-bond acceptors (Lipinski definition) is 2. The molecule has 1 fully saturated rings. The van der Waals surface area contributed by atoms with Gasteiger partial charge >= 0.3 is 0 Å². The van der Waals surface area contributed by atoms with E-state index in [9.17, 15) is 8.42 Å². The number of alkyl halides is 1. The molecule has 4 nitrogen and oxygen atoms in total. The summed E-state index contributed by atoms with van der Waals surface area (Å²) in [6, 6.07) is 2.11. The molecule has 1 aromatic rings. The molecular weight excluding hydrogens is 248 g/mol. The van der Waals surface area contributed by atoms with E-state index in [-0.39, 0.29) is 0 Å². The van der Waals surface area contributed by atoms with Crippen molar-refractivity contribution >= 4 is 21.6 Å². The number of sulfonamides is 1. The standard InChI is InChI=1S/C10H15ClN2O2S/c1-12(2)16(14,15)10-5-9(6-11)13(7-10)8-3-4-8/h5,7-8H,3-4,6H2,1-2H3. The molecule has 1 heterocycles. The van der Waals surface area contributed by atoms with Crippen molar-refractivity contribution in [1.82, 2.24) is 8.87 Å². The van der Waals surface area contributed by atoms with Gasteiger partial charge in [0.25, 0.3) is 0 Å².